The summed E-state index contributed by atoms with van der Waals surface area (Å²) in [5.41, 5.74) is 15.2. The highest BCUT2D eigenvalue weighted by molar-refractivity contribution is 5.96. The Hall–Kier alpha value is -3.36. The van der Waals surface area contributed by atoms with Crippen molar-refractivity contribution in [2.75, 3.05) is 12.8 Å². The minimum atomic E-state index is -1.20. The number of aliphatic hydroxyl groups excluding tert-OH is 1. The molecule has 1 atom stereocenters. The van der Waals surface area contributed by atoms with Crippen molar-refractivity contribution in [1.29, 1.82) is 0 Å². The van der Waals surface area contributed by atoms with Crippen LogP contribution in [-0.4, -0.2) is 27.9 Å². The molecule has 1 amide bonds. The molecule has 1 aromatic heterocycles. The zero-order valence-electron chi connectivity index (χ0n) is 16.7. The van der Waals surface area contributed by atoms with Crippen molar-refractivity contribution in [3.63, 3.8) is 0 Å². The summed E-state index contributed by atoms with van der Waals surface area (Å²) >= 11 is 0. The van der Waals surface area contributed by atoms with Gasteiger partial charge in [-0.25, -0.2) is 4.68 Å². The Morgan fingerprint density at radius 2 is 1.97 bits per heavy atom. The second-order valence-corrected chi connectivity index (χ2v) is 7.35. The van der Waals surface area contributed by atoms with E-state index in [4.69, 9.17) is 16.2 Å². The van der Waals surface area contributed by atoms with Crippen LogP contribution in [0.3, 0.4) is 0 Å². The summed E-state index contributed by atoms with van der Waals surface area (Å²) in [4.78, 5) is 12.5. The number of aliphatic hydroxyl groups is 1. The number of nitrogen functional groups attached to an aromatic ring is 1. The summed E-state index contributed by atoms with van der Waals surface area (Å²) in [6, 6.07) is 14.9. The summed E-state index contributed by atoms with van der Waals surface area (Å²) in [7, 11) is 1.54. The van der Waals surface area contributed by atoms with Crippen LogP contribution in [0.1, 0.15) is 46.6 Å². The molecule has 4 rings (SSSR count). The number of para-hydroxylation sites is 1. The number of benzene rings is 2. The Labute approximate surface area is 174 Å². The Morgan fingerprint density at radius 3 is 2.60 bits per heavy atom. The molecule has 1 saturated carbocycles. The lowest BCUT2D eigenvalue weighted by atomic mass is 10.0. The fourth-order valence-corrected chi connectivity index (χ4v) is 3.45. The van der Waals surface area contributed by atoms with Crippen LogP contribution in [0, 0.1) is 0 Å². The van der Waals surface area contributed by atoms with Gasteiger partial charge in [0, 0.05) is 12.1 Å². The van der Waals surface area contributed by atoms with Gasteiger partial charge < -0.3 is 26.6 Å². The first kappa shape index (κ1) is 19.9. The average molecular weight is 407 g/mol. The van der Waals surface area contributed by atoms with Gasteiger partial charge in [-0.3, -0.25) is 4.79 Å². The molecule has 8 nitrogen and oxygen atoms in total. The van der Waals surface area contributed by atoms with E-state index in [9.17, 15) is 9.90 Å². The zero-order valence-corrected chi connectivity index (χ0v) is 16.7. The van der Waals surface area contributed by atoms with E-state index in [1.54, 1.807) is 22.9 Å². The number of rotatable bonds is 7. The third-order valence-electron chi connectivity index (χ3n) is 5.21. The molecule has 0 radical (unpaired) electrons. The first-order valence-electron chi connectivity index (χ1n) is 9.81. The third-order valence-corrected chi connectivity index (χ3v) is 5.21. The quantitative estimate of drug-likeness (QED) is 0.445. The lowest BCUT2D eigenvalue weighted by Gasteiger charge is -2.10. The van der Waals surface area contributed by atoms with Crippen molar-refractivity contribution in [3.8, 4) is 17.0 Å². The van der Waals surface area contributed by atoms with E-state index in [-0.39, 0.29) is 11.9 Å². The Kier molecular flexibility index (Phi) is 5.43. The first-order chi connectivity index (χ1) is 14.5. The Balaban J connectivity index is 1.50. The van der Waals surface area contributed by atoms with Crippen LogP contribution in [0.4, 0.5) is 5.82 Å². The molecule has 1 unspecified atom stereocenters. The van der Waals surface area contributed by atoms with E-state index in [1.165, 1.54) is 7.11 Å². The molecule has 1 heterocycles. The van der Waals surface area contributed by atoms with Crippen LogP contribution in [0.2, 0.25) is 0 Å². The summed E-state index contributed by atoms with van der Waals surface area (Å²) in [5.74, 6) is 0.735. The second kappa shape index (κ2) is 8.17. The molecule has 2 aromatic carbocycles. The monoisotopic (exact) mass is 407 g/mol. The van der Waals surface area contributed by atoms with Gasteiger partial charge >= 0.3 is 0 Å². The van der Waals surface area contributed by atoms with Crippen LogP contribution in [0.15, 0.2) is 48.5 Å². The molecular weight excluding hydrogens is 382 g/mol. The minimum Gasteiger partial charge on any atom is -0.496 e. The number of nitrogens with one attached hydrogen (secondary N) is 1. The predicted octanol–water partition coefficient (Wildman–Crippen LogP) is 2.36. The number of aromatic nitrogens is 2. The summed E-state index contributed by atoms with van der Waals surface area (Å²) < 4.78 is 6.99. The van der Waals surface area contributed by atoms with Crippen molar-refractivity contribution in [2.45, 2.75) is 31.7 Å². The number of nitrogens with zero attached hydrogens (tertiary/aromatic N) is 2. The van der Waals surface area contributed by atoms with Gasteiger partial charge in [0.15, 0.2) is 0 Å². The molecular formula is C22H25N5O3. The highest BCUT2D eigenvalue weighted by atomic mass is 16.5. The highest BCUT2D eigenvalue weighted by Gasteiger charge is 2.30. The maximum absolute atomic E-state index is 12.5. The van der Waals surface area contributed by atoms with Crippen LogP contribution < -0.4 is 21.5 Å². The largest absolute Gasteiger partial charge is 0.496 e. The smallest absolute Gasteiger partial charge is 0.255 e. The van der Waals surface area contributed by atoms with Crippen LogP contribution in [0.25, 0.3) is 11.3 Å². The predicted molar refractivity (Wildman–Crippen MR) is 114 cm³/mol. The van der Waals surface area contributed by atoms with Crippen molar-refractivity contribution >= 4 is 11.7 Å². The number of carbonyl (C=O) groups is 1. The van der Waals surface area contributed by atoms with Gasteiger partial charge in [0.25, 0.3) is 5.91 Å². The van der Waals surface area contributed by atoms with Crippen LogP contribution in [-0.2, 0) is 6.54 Å². The molecule has 6 N–H and O–H groups in total. The molecule has 0 saturated heterocycles. The van der Waals surface area contributed by atoms with E-state index >= 15 is 0 Å². The number of hydrogen-bond acceptors (Lipinski definition) is 6. The van der Waals surface area contributed by atoms with E-state index in [0.29, 0.717) is 34.9 Å². The van der Waals surface area contributed by atoms with Crippen LogP contribution in [0.5, 0.6) is 5.75 Å². The number of ether oxygens (including phenoxy) is 1. The van der Waals surface area contributed by atoms with Crippen molar-refractivity contribution in [2.24, 2.45) is 5.73 Å². The number of anilines is 1. The lowest BCUT2D eigenvalue weighted by molar-refractivity contribution is 0.0948. The fraction of sp³-hybridized carbons (Fsp3) is 0.273. The fourth-order valence-electron chi connectivity index (χ4n) is 3.45. The zero-order chi connectivity index (χ0) is 21.3. The normalized spacial score (nSPS) is 14.4. The number of carbonyl (C=O) groups excluding carboxylic acids is 1. The maximum atomic E-state index is 12.5. The van der Waals surface area contributed by atoms with Gasteiger partial charge in [-0.15, -0.1) is 0 Å². The Bertz CT molecular complexity index is 1060. The molecule has 1 fully saturated rings. The summed E-state index contributed by atoms with van der Waals surface area (Å²) in [6.07, 6.45) is 0.847. The number of methoxy groups -OCH3 is 1. The SMILES string of the molecule is COc1ccccc1C(=O)NCc1ccc(-c2nn(C3CC3)c(N)c2C(N)O)cc1. The molecule has 1 aliphatic rings. The molecule has 30 heavy (non-hydrogen) atoms. The van der Waals surface area contributed by atoms with E-state index in [0.717, 1.165) is 24.0 Å². The lowest BCUT2D eigenvalue weighted by Crippen LogP contribution is -2.23. The van der Waals surface area contributed by atoms with E-state index < -0.39 is 6.23 Å². The van der Waals surface area contributed by atoms with Gasteiger partial charge in [-0.1, -0.05) is 36.4 Å². The minimum absolute atomic E-state index is 0.207. The van der Waals surface area contributed by atoms with Crippen molar-refractivity contribution in [1.82, 2.24) is 15.1 Å². The maximum Gasteiger partial charge on any atom is 0.255 e. The second-order valence-electron chi connectivity index (χ2n) is 7.35. The number of nitrogens with two attached hydrogens (primary N) is 2. The topological polar surface area (TPSA) is 128 Å². The average Bonchev–Trinajstić information content (AvgIpc) is 3.54. The molecule has 1 aliphatic carbocycles. The van der Waals surface area contributed by atoms with Crippen molar-refractivity contribution < 1.29 is 14.6 Å². The molecule has 0 bridgehead atoms. The molecule has 0 aliphatic heterocycles. The third kappa shape index (κ3) is 3.87. The molecule has 8 heteroatoms. The number of amides is 1. The molecule has 0 spiro atoms. The van der Waals surface area contributed by atoms with Crippen molar-refractivity contribution in [3.05, 3.63) is 65.2 Å². The van der Waals surface area contributed by atoms with Gasteiger partial charge in [-0.2, -0.15) is 5.10 Å². The standard InChI is InChI=1S/C22H25N5O3/c1-30-17-5-3-2-4-16(17)22(29)25-12-13-6-8-14(9-7-13)19-18(21(24)28)20(23)27(26-19)15-10-11-15/h2-9,15,21,28H,10-12,23-24H2,1H3,(H,25,29). The van der Waals surface area contributed by atoms with E-state index in [2.05, 4.69) is 10.4 Å². The first-order valence-corrected chi connectivity index (χ1v) is 9.81. The highest BCUT2D eigenvalue weighted by Crippen LogP contribution is 2.40. The molecule has 156 valence electrons. The van der Waals surface area contributed by atoms with Gasteiger partial charge in [0.1, 0.15) is 23.5 Å². The summed E-state index contributed by atoms with van der Waals surface area (Å²) in [5, 5.41) is 17.5. The van der Waals surface area contributed by atoms with E-state index in [1.807, 2.05) is 30.3 Å². The Morgan fingerprint density at radius 1 is 1.27 bits per heavy atom. The van der Waals surface area contributed by atoms with Gasteiger partial charge in [0.2, 0.25) is 0 Å². The number of hydrogen-bond donors (Lipinski definition) is 4. The molecule has 3 aromatic rings. The van der Waals surface area contributed by atoms with Gasteiger partial charge in [0.05, 0.1) is 24.3 Å². The van der Waals surface area contributed by atoms with Gasteiger partial charge in [-0.05, 0) is 30.5 Å². The summed E-state index contributed by atoms with van der Waals surface area (Å²) in [6.45, 7) is 0.363. The van der Waals surface area contributed by atoms with Crippen LogP contribution >= 0.6 is 0 Å².